The molecule has 0 atom stereocenters. The van der Waals surface area contributed by atoms with E-state index in [0.717, 1.165) is 34.9 Å². The molecule has 32 heavy (non-hydrogen) atoms. The van der Waals surface area contributed by atoms with Gasteiger partial charge >= 0.3 is 0 Å². The van der Waals surface area contributed by atoms with Crippen LogP contribution in [0.5, 0.6) is 5.75 Å². The number of carbonyl (C=O) groups is 1. The molecular weight excluding hydrogens is 448 g/mol. The molecule has 0 aliphatic carbocycles. The van der Waals surface area contributed by atoms with Crippen LogP contribution in [0.1, 0.15) is 0 Å². The summed E-state index contributed by atoms with van der Waals surface area (Å²) in [4.78, 5) is 26.0. The minimum atomic E-state index is 0.0269. The van der Waals surface area contributed by atoms with Gasteiger partial charge in [-0.1, -0.05) is 11.6 Å². The average Bonchev–Trinajstić information content (AvgIpc) is 3.48. The van der Waals surface area contributed by atoms with Crippen LogP contribution in [-0.2, 0) is 11.3 Å². The van der Waals surface area contributed by atoms with Gasteiger partial charge in [0.15, 0.2) is 5.65 Å². The van der Waals surface area contributed by atoms with E-state index in [1.807, 2.05) is 40.6 Å². The molecule has 0 spiro atoms. The number of rotatable bonds is 5. The van der Waals surface area contributed by atoms with Crippen LogP contribution < -0.4 is 9.64 Å². The summed E-state index contributed by atoms with van der Waals surface area (Å²) < 4.78 is 7.01. The summed E-state index contributed by atoms with van der Waals surface area (Å²) >= 11 is 7.66. The van der Waals surface area contributed by atoms with Gasteiger partial charge in [-0.3, -0.25) is 4.79 Å². The first-order chi connectivity index (χ1) is 15.6. The lowest BCUT2D eigenvalue weighted by atomic mass is 10.2. The Labute approximate surface area is 194 Å². The summed E-state index contributed by atoms with van der Waals surface area (Å²) in [5.41, 5.74) is 2.49. The number of pyridine rings is 1. The lowest BCUT2D eigenvalue weighted by Crippen LogP contribution is -2.49. The summed E-state index contributed by atoms with van der Waals surface area (Å²) in [6.45, 7) is 2.89. The van der Waals surface area contributed by atoms with E-state index in [4.69, 9.17) is 16.3 Å². The third kappa shape index (κ3) is 3.89. The van der Waals surface area contributed by atoms with Crippen molar-refractivity contribution >= 4 is 45.6 Å². The van der Waals surface area contributed by atoms with E-state index >= 15 is 0 Å². The van der Waals surface area contributed by atoms with Gasteiger partial charge in [-0.15, -0.1) is 11.3 Å². The average molecular weight is 469 g/mol. The zero-order chi connectivity index (χ0) is 22.1. The molecule has 8 nitrogen and oxygen atoms in total. The Morgan fingerprint density at radius 2 is 2.00 bits per heavy atom. The molecule has 4 aromatic rings. The normalized spacial score (nSPS) is 14.2. The number of thiazole rings is 1. The van der Waals surface area contributed by atoms with Crippen LogP contribution in [0.3, 0.4) is 0 Å². The van der Waals surface area contributed by atoms with Crippen LogP contribution in [0.25, 0.3) is 21.7 Å². The van der Waals surface area contributed by atoms with Crippen LogP contribution in [-0.4, -0.2) is 63.8 Å². The van der Waals surface area contributed by atoms with E-state index < -0.39 is 0 Å². The molecule has 0 N–H and O–H groups in total. The molecule has 1 amide bonds. The van der Waals surface area contributed by atoms with Gasteiger partial charge in [-0.25, -0.2) is 14.6 Å². The Bertz CT molecular complexity index is 1250. The van der Waals surface area contributed by atoms with Crippen molar-refractivity contribution in [3.63, 3.8) is 0 Å². The third-order valence-electron chi connectivity index (χ3n) is 5.56. The first-order valence-corrected chi connectivity index (χ1v) is 11.5. The second-order valence-corrected chi connectivity index (χ2v) is 8.71. The number of amides is 1. The molecule has 0 bridgehead atoms. The fourth-order valence-electron chi connectivity index (χ4n) is 3.91. The second-order valence-electron chi connectivity index (χ2n) is 7.40. The minimum Gasteiger partial charge on any atom is -0.495 e. The standard InChI is InChI=1S/C22H21ClN6O2S/c1-31-18-13-15(4-5-17(18)23)27-8-10-28(11-9-27)19(30)14-29-21-16(3-2-6-24-21)20(26-29)22-25-7-12-32-22/h2-7,12-13H,8-11,14H2,1H3. The largest absolute Gasteiger partial charge is 0.495 e. The van der Waals surface area contributed by atoms with Crippen molar-refractivity contribution < 1.29 is 9.53 Å². The Morgan fingerprint density at radius 1 is 1.16 bits per heavy atom. The smallest absolute Gasteiger partial charge is 0.244 e. The number of halogens is 1. The Morgan fingerprint density at radius 3 is 2.75 bits per heavy atom. The van der Waals surface area contributed by atoms with E-state index in [-0.39, 0.29) is 12.5 Å². The number of nitrogens with zero attached hydrogens (tertiary/aromatic N) is 6. The fraction of sp³-hybridized carbons (Fsp3) is 0.273. The van der Waals surface area contributed by atoms with Gasteiger partial charge in [0.05, 0.1) is 12.1 Å². The number of aromatic nitrogens is 4. The van der Waals surface area contributed by atoms with E-state index in [2.05, 4.69) is 20.0 Å². The predicted octanol–water partition coefficient (Wildman–Crippen LogP) is 3.57. The Hall–Kier alpha value is -3.17. The lowest BCUT2D eigenvalue weighted by Gasteiger charge is -2.36. The molecule has 1 aromatic carbocycles. The van der Waals surface area contributed by atoms with Crippen LogP contribution in [0, 0.1) is 0 Å². The zero-order valence-corrected chi connectivity index (χ0v) is 19.0. The Kier molecular flexibility index (Phi) is 5.67. The van der Waals surface area contributed by atoms with Crippen LogP contribution in [0.4, 0.5) is 5.69 Å². The summed E-state index contributed by atoms with van der Waals surface area (Å²) in [5, 5.41) is 8.89. The third-order valence-corrected chi connectivity index (χ3v) is 6.65. The van der Waals surface area contributed by atoms with E-state index in [1.165, 1.54) is 11.3 Å². The molecule has 3 aromatic heterocycles. The van der Waals surface area contributed by atoms with Gasteiger partial charge in [0, 0.05) is 61.1 Å². The summed E-state index contributed by atoms with van der Waals surface area (Å²) in [7, 11) is 1.61. The van der Waals surface area contributed by atoms with E-state index in [9.17, 15) is 4.79 Å². The number of ether oxygens (including phenoxy) is 1. The molecule has 4 heterocycles. The number of hydrogen-bond donors (Lipinski definition) is 0. The van der Waals surface area contributed by atoms with Gasteiger partial charge in [-0.05, 0) is 24.3 Å². The second kappa shape index (κ2) is 8.76. The highest BCUT2D eigenvalue weighted by molar-refractivity contribution is 7.13. The number of benzene rings is 1. The number of hydrogen-bond acceptors (Lipinski definition) is 7. The van der Waals surface area contributed by atoms with Gasteiger partial charge in [-0.2, -0.15) is 5.10 Å². The molecular formula is C22H21ClN6O2S. The van der Waals surface area contributed by atoms with Crippen LogP contribution in [0.2, 0.25) is 5.02 Å². The monoisotopic (exact) mass is 468 g/mol. The van der Waals surface area contributed by atoms with Gasteiger partial charge in [0.1, 0.15) is 23.0 Å². The van der Waals surface area contributed by atoms with Gasteiger partial charge in [0.2, 0.25) is 5.91 Å². The molecule has 10 heteroatoms. The maximum atomic E-state index is 13.1. The lowest BCUT2D eigenvalue weighted by molar-refractivity contribution is -0.132. The molecule has 1 fully saturated rings. The number of carbonyl (C=O) groups excluding carboxylic acids is 1. The van der Waals surface area contributed by atoms with E-state index in [0.29, 0.717) is 29.5 Å². The van der Waals surface area contributed by atoms with Crippen molar-refractivity contribution in [1.82, 2.24) is 24.6 Å². The van der Waals surface area contributed by atoms with Crippen LogP contribution >= 0.6 is 22.9 Å². The first-order valence-electron chi connectivity index (χ1n) is 10.2. The number of anilines is 1. The number of fused-ring (bicyclic) bond motifs is 1. The van der Waals surface area contributed by atoms with Crippen molar-refractivity contribution in [3.05, 3.63) is 53.1 Å². The SMILES string of the molecule is COc1cc(N2CCN(C(=O)Cn3nc(-c4nccs4)c4cccnc43)CC2)ccc1Cl. The van der Waals surface area contributed by atoms with E-state index in [1.54, 1.807) is 24.2 Å². The molecule has 0 unspecified atom stereocenters. The topological polar surface area (TPSA) is 76.4 Å². The highest BCUT2D eigenvalue weighted by Crippen LogP contribution is 2.30. The first kappa shape index (κ1) is 20.7. The highest BCUT2D eigenvalue weighted by Gasteiger charge is 2.24. The predicted molar refractivity (Wildman–Crippen MR) is 125 cm³/mol. The zero-order valence-electron chi connectivity index (χ0n) is 17.4. The fourth-order valence-corrected chi connectivity index (χ4v) is 4.73. The van der Waals surface area contributed by atoms with Crippen molar-refractivity contribution in [2.75, 3.05) is 38.2 Å². The molecule has 1 saturated heterocycles. The highest BCUT2D eigenvalue weighted by atomic mass is 35.5. The molecule has 5 rings (SSSR count). The maximum Gasteiger partial charge on any atom is 0.244 e. The minimum absolute atomic E-state index is 0.0269. The quantitative estimate of drug-likeness (QED) is 0.445. The van der Waals surface area contributed by atoms with Crippen molar-refractivity contribution in [2.24, 2.45) is 0 Å². The summed E-state index contributed by atoms with van der Waals surface area (Å²) in [6, 6.07) is 9.58. The molecule has 0 saturated carbocycles. The molecule has 164 valence electrons. The van der Waals surface area contributed by atoms with Crippen molar-refractivity contribution in [2.45, 2.75) is 6.54 Å². The molecule has 1 aliphatic heterocycles. The number of methoxy groups -OCH3 is 1. The van der Waals surface area contributed by atoms with Gasteiger partial charge < -0.3 is 14.5 Å². The summed E-state index contributed by atoms with van der Waals surface area (Å²) in [5.74, 6) is 0.677. The van der Waals surface area contributed by atoms with Crippen molar-refractivity contribution in [3.8, 4) is 16.5 Å². The Balaban J connectivity index is 1.29. The van der Waals surface area contributed by atoms with Crippen LogP contribution in [0.15, 0.2) is 48.1 Å². The van der Waals surface area contributed by atoms with Crippen molar-refractivity contribution in [1.29, 1.82) is 0 Å². The molecule has 0 radical (unpaired) electrons. The number of piperazine rings is 1. The molecule has 1 aliphatic rings. The maximum absolute atomic E-state index is 13.1. The summed E-state index contributed by atoms with van der Waals surface area (Å²) in [6.07, 6.45) is 3.47. The van der Waals surface area contributed by atoms with Gasteiger partial charge in [0.25, 0.3) is 0 Å².